The fourth-order valence-electron chi connectivity index (χ4n) is 2.33. The number of halogens is 1. The SMILES string of the molecule is CCc1ccccc1Nc1nc(N)nc(COc2cccc(Cl)c2)n1. The zero-order valence-corrected chi connectivity index (χ0v) is 14.5. The third kappa shape index (κ3) is 4.58. The summed E-state index contributed by atoms with van der Waals surface area (Å²) in [5, 5.41) is 3.80. The predicted molar refractivity (Wildman–Crippen MR) is 99.1 cm³/mol. The van der Waals surface area contributed by atoms with E-state index in [1.54, 1.807) is 12.1 Å². The smallest absolute Gasteiger partial charge is 0.232 e. The van der Waals surface area contributed by atoms with Gasteiger partial charge in [0.25, 0.3) is 0 Å². The third-order valence-electron chi connectivity index (χ3n) is 3.51. The van der Waals surface area contributed by atoms with Gasteiger partial charge >= 0.3 is 0 Å². The molecule has 0 aliphatic rings. The molecule has 0 saturated heterocycles. The van der Waals surface area contributed by atoms with Gasteiger partial charge in [0.2, 0.25) is 11.9 Å². The second-order valence-electron chi connectivity index (χ2n) is 5.32. The number of ether oxygens (including phenoxy) is 1. The fourth-order valence-corrected chi connectivity index (χ4v) is 2.51. The second-order valence-corrected chi connectivity index (χ2v) is 5.75. The van der Waals surface area contributed by atoms with Crippen molar-refractivity contribution in [2.24, 2.45) is 0 Å². The summed E-state index contributed by atoms with van der Waals surface area (Å²) in [6, 6.07) is 15.1. The summed E-state index contributed by atoms with van der Waals surface area (Å²) in [4.78, 5) is 12.6. The monoisotopic (exact) mass is 355 g/mol. The average molecular weight is 356 g/mol. The first kappa shape index (κ1) is 17.0. The Morgan fingerprint density at radius 3 is 2.72 bits per heavy atom. The van der Waals surface area contributed by atoms with Crippen LogP contribution in [0, 0.1) is 0 Å². The van der Waals surface area contributed by atoms with Crippen molar-refractivity contribution >= 4 is 29.2 Å². The standard InChI is InChI=1S/C18H18ClN5O/c1-2-12-6-3-4-9-15(12)21-18-23-16(22-17(20)24-18)11-25-14-8-5-7-13(19)10-14/h3-10H,2,11H2,1H3,(H3,20,21,22,23,24). The lowest BCUT2D eigenvalue weighted by molar-refractivity contribution is 0.296. The molecule has 128 valence electrons. The first-order valence-electron chi connectivity index (χ1n) is 7.88. The molecule has 0 spiro atoms. The quantitative estimate of drug-likeness (QED) is 0.695. The first-order chi connectivity index (χ1) is 12.1. The Morgan fingerprint density at radius 1 is 1.08 bits per heavy atom. The molecule has 2 aromatic carbocycles. The van der Waals surface area contributed by atoms with Crippen molar-refractivity contribution in [2.75, 3.05) is 11.1 Å². The molecule has 3 N–H and O–H groups in total. The number of para-hydroxylation sites is 1. The van der Waals surface area contributed by atoms with Crippen LogP contribution in [0.1, 0.15) is 18.3 Å². The maximum atomic E-state index is 5.94. The van der Waals surface area contributed by atoms with Gasteiger partial charge in [0.15, 0.2) is 5.82 Å². The van der Waals surface area contributed by atoms with Crippen LogP contribution in [-0.4, -0.2) is 15.0 Å². The molecule has 0 atom stereocenters. The van der Waals surface area contributed by atoms with Crippen LogP contribution in [0.15, 0.2) is 48.5 Å². The molecule has 0 bridgehead atoms. The molecular weight excluding hydrogens is 338 g/mol. The van der Waals surface area contributed by atoms with Gasteiger partial charge in [-0.05, 0) is 36.2 Å². The van der Waals surface area contributed by atoms with Gasteiger partial charge in [0, 0.05) is 10.7 Å². The highest BCUT2D eigenvalue weighted by Crippen LogP contribution is 2.20. The van der Waals surface area contributed by atoms with Gasteiger partial charge in [-0.15, -0.1) is 0 Å². The Balaban J connectivity index is 1.76. The Hall–Kier alpha value is -2.86. The zero-order chi connectivity index (χ0) is 17.6. The van der Waals surface area contributed by atoms with E-state index in [0.717, 1.165) is 12.1 Å². The van der Waals surface area contributed by atoms with Crippen molar-refractivity contribution in [3.8, 4) is 5.75 Å². The average Bonchev–Trinajstić information content (AvgIpc) is 2.60. The molecule has 0 saturated carbocycles. The van der Waals surface area contributed by atoms with E-state index in [2.05, 4.69) is 33.3 Å². The Morgan fingerprint density at radius 2 is 1.92 bits per heavy atom. The second kappa shape index (κ2) is 7.81. The van der Waals surface area contributed by atoms with Crippen molar-refractivity contribution in [1.29, 1.82) is 0 Å². The highest BCUT2D eigenvalue weighted by atomic mass is 35.5. The highest BCUT2D eigenvalue weighted by Gasteiger charge is 2.08. The van der Waals surface area contributed by atoms with Gasteiger partial charge in [-0.3, -0.25) is 0 Å². The molecule has 6 nitrogen and oxygen atoms in total. The van der Waals surface area contributed by atoms with E-state index in [1.807, 2.05) is 30.3 Å². The number of nitrogens with two attached hydrogens (primary N) is 1. The molecule has 3 rings (SSSR count). The van der Waals surface area contributed by atoms with Crippen LogP contribution in [0.4, 0.5) is 17.6 Å². The minimum Gasteiger partial charge on any atom is -0.486 e. The van der Waals surface area contributed by atoms with Crippen molar-refractivity contribution in [2.45, 2.75) is 20.0 Å². The van der Waals surface area contributed by atoms with E-state index in [-0.39, 0.29) is 12.6 Å². The minimum atomic E-state index is 0.135. The number of aromatic nitrogens is 3. The van der Waals surface area contributed by atoms with Crippen molar-refractivity contribution in [1.82, 2.24) is 15.0 Å². The van der Waals surface area contributed by atoms with E-state index >= 15 is 0 Å². The largest absolute Gasteiger partial charge is 0.486 e. The zero-order valence-electron chi connectivity index (χ0n) is 13.7. The summed E-state index contributed by atoms with van der Waals surface area (Å²) in [5.74, 6) is 1.59. The maximum absolute atomic E-state index is 5.94. The lowest BCUT2D eigenvalue weighted by Gasteiger charge is -2.11. The number of benzene rings is 2. The lowest BCUT2D eigenvalue weighted by atomic mass is 10.1. The van der Waals surface area contributed by atoms with Gasteiger partial charge in [0.05, 0.1) is 0 Å². The topological polar surface area (TPSA) is 86.0 Å². The molecule has 1 aromatic heterocycles. The van der Waals surface area contributed by atoms with Crippen LogP contribution >= 0.6 is 11.6 Å². The van der Waals surface area contributed by atoms with E-state index in [1.165, 1.54) is 5.56 Å². The van der Waals surface area contributed by atoms with Crippen molar-refractivity contribution < 1.29 is 4.74 Å². The summed E-state index contributed by atoms with van der Waals surface area (Å²) in [6.07, 6.45) is 0.897. The maximum Gasteiger partial charge on any atom is 0.232 e. The molecule has 0 radical (unpaired) electrons. The number of nitrogens with one attached hydrogen (secondary N) is 1. The van der Waals surface area contributed by atoms with E-state index in [4.69, 9.17) is 22.1 Å². The van der Waals surface area contributed by atoms with Crippen LogP contribution in [0.25, 0.3) is 0 Å². The van der Waals surface area contributed by atoms with Gasteiger partial charge in [-0.1, -0.05) is 42.8 Å². The van der Waals surface area contributed by atoms with E-state index in [9.17, 15) is 0 Å². The number of hydrogen-bond donors (Lipinski definition) is 2. The van der Waals surface area contributed by atoms with Gasteiger partial charge < -0.3 is 15.8 Å². The van der Waals surface area contributed by atoms with Crippen LogP contribution in [0.2, 0.25) is 5.02 Å². The third-order valence-corrected chi connectivity index (χ3v) is 3.74. The summed E-state index contributed by atoms with van der Waals surface area (Å²) >= 11 is 5.94. The summed E-state index contributed by atoms with van der Waals surface area (Å²) in [5.41, 5.74) is 7.90. The van der Waals surface area contributed by atoms with Gasteiger partial charge in [-0.2, -0.15) is 15.0 Å². The highest BCUT2D eigenvalue weighted by molar-refractivity contribution is 6.30. The molecule has 1 heterocycles. The number of aryl methyl sites for hydroxylation is 1. The molecule has 0 aliphatic carbocycles. The normalized spacial score (nSPS) is 10.5. The molecule has 0 aliphatic heterocycles. The van der Waals surface area contributed by atoms with Gasteiger partial charge in [-0.25, -0.2) is 0 Å². The van der Waals surface area contributed by atoms with Crippen LogP contribution < -0.4 is 15.8 Å². The minimum absolute atomic E-state index is 0.135. The fraction of sp³-hybridized carbons (Fsp3) is 0.167. The van der Waals surface area contributed by atoms with Gasteiger partial charge in [0.1, 0.15) is 12.4 Å². The van der Waals surface area contributed by atoms with E-state index in [0.29, 0.717) is 22.5 Å². The van der Waals surface area contributed by atoms with Crippen LogP contribution in [0.3, 0.4) is 0 Å². The predicted octanol–water partition coefficient (Wildman–Crippen LogP) is 3.99. The number of anilines is 3. The van der Waals surface area contributed by atoms with Crippen molar-refractivity contribution in [3.05, 3.63) is 64.9 Å². The molecule has 7 heteroatoms. The van der Waals surface area contributed by atoms with E-state index < -0.39 is 0 Å². The number of hydrogen-bond acceptors (Lipinski definition) is 6. The van der Waals surface area contributed by atoms with Crippen molar-refractivity contribution in [3.63, 3.8) is 0 Å². The Kier molecular flexibility index (Phi) is 5.30. The Bertz CT molecular complexity index is 872. The first-order valence-corrected chi connectivity index (χ1v) is 8.25. The number of rotatable bonds is 6. The molecule has 0 fully saturated rings. The Labute approximate surface area is 151 Å². The number of nitrogen functional groups attached to an aromatic ring is 1. The summed E-state index contributed by atoms with van der Waals surface area (Å²) in [6.45, 7) is 2.25. The lowest BCUT2D eigenvalue weighted by Crippen LogP contribution is -2.10. The molecule has 3 aromatic rings. The van der Waals surface area contributed by atoms with Crippen LogP contribution in [-0.2, 0) is 13.0 Å². The molecule has 0 unspecified atom stereocenters. The van der Waals surface area contributed by atoms with Crippen LogP contribution in [0.5, 0.6) is 5.75 Å². The molecule has 25 heavy (non-hydrogen) atoms. The molecular formula is C18H18ClN5O. The summed E-state index contributed by atoms with van der Waals surface area (Å²) < 4.78 is 5.66. The number of nitrogens with zero attached hydrogens (tertiary/aromatic N) is 3. The summed E-state index contributed by atoms with van der Waals surface area (Å²) in [7, 11) is 0. The molecule has 0 amide bonds.